The third-order valence-corrected chi connectivity index (χ3v) is 5.62. The predicted octanol–water partition coefficient (Wildman–Crippen LogP) is 4.42. The van der Waals surface area contributed by atoms with Crippen molar-refractivity contribution in [1.82, 2.24) is 4.90 Å². The van der Waals surface area contributed by atoms with Gasteiger partial charge >= 0.3 is 0 Å². The zero-order valence-electron chi connectivity index (χ0n) is 14.7. The summed E-state index contributed by atoms with van der Waals surface area (Å²) in [4.78, 5) is 3.78. The second-order valence-corrected chi connectivity index (χ2v) is 7.74. The third kappa shape index (κ3) is 4.15. The molecule has 1 atom stereocenters. The molecule has 1 aliphatic heterocycles. The zero-order chi connectivity index (χ0) is 17.8. The topological polar surface area (TPSA) is 32.7 Å². The van der Waals surface area contributed by atoms with Crippen molar-refractivity contribution in [2.45, 2.75) is 25.6 Å². The maximum Gasteiger partial charge on any atom is 0.123 e. The first kappa shape index (κ1) is 17.3. The van der Waals surface area contributed by atoms with Crippen LogP contribution in [0.1, 0.15) is 27.7 Å². The van der Waals surface area contributed by atoms with Crippen LogP contribution in [0.25, 0.3) is 0 Å². The molecule has 0 fully saturated rings. The Kier molecular flexibility index (Phi) is 5.34. The monoisotopic (exact) mass is 365 g/mol. The summed E-state index contributed by atoms with van der Waals surface area (Å²) in [5.74, 6) is 0.939. The van der Waals surface area contributed by atoms with Gasteiger partial charge in [-0.1, -0.05) is 42.5 Å². The van der Waals surface area contributed by atoms with Gasteiger partial charge in [-0.15, -0.1) is 11.3 Å². The van der Waals surface area contributed by atoms with Gasteiger partial charge < -0.3 is 9.84 Å². The van der Waals surface area contributed by atoms with Gasteiger partial charge in [0.2, 0.25) is 0 Å². The van der Waals surface area contributed by atoms with E-state index < -0.39 is 6.10 Å². The Labute approximate surface area is 158 Å². The molecule has 0 radical (unpaired) electrons. The minimum Gasteiger partial charge on any atom is -0.492 e. The summed E-state index contributed by atoms with van der Waals surface area (Å²) in [6.45, 7) is 3.40. The molecular weight excluding hydrogens is 342 g/mol. The van der Waals surface area contributed by atoms with Crippen LogP contribution >= 0.6 is 11.3 Å². The van der Waals surface area contributed by atoms with E-state index in [0.29, 0.717) is 13.0 Å². The van der Waals surface area contributed by atoms with Gasteiger partial charge in [0.05, 0.1) is 6.10 Å². The molecule has 3 nitrogen and oxygen atoms in total. The lowest BCUT2D eigenvalue weighted by Gasteiger charge is -2.19. The molecule has 2 heterocycles. The van der Waals surface area contributed by atoms with E-state index in [4.69, 9.17) is 4.74 Å². The number of hydrogen-bond donors (Lipinski definition) is 1. The molecule has 0 saturated heterocycles. The average Bonchev–Trinajstić information content (AvgIpc) is 3.08. The molecule has 0 bridgehead atoms. The number of aliphatic hydroxyl groups excluding tert-OH is 1. The van der Waals surface area contributed by atoms with Crippen LogP contribution in [0.5, 0.6) is 5.75 Å². The summed E-state index contributed by atoms with van der Waals surface area (Å²) in [7, 11) is 0. The van der Waals surface area contributed by atoms with Crippen molar-refractivity contribution < 1.29 is 9.84 Å². The number of fused-ring (bicyclic) bond motifs is 1. The molecule has 1 N–H and O–H groups in total. The molecule has 4 rings (SSSR count). The first-order chi connectivity index (χ1) is 12.8. The Morgan fingerprint density at radius 1 is 1.08 bits per heavy atom. The van der Waals surface area contributed by atoms with E-state index in [-0.39, 0.29) is 0 Å². The molecule has 134 valence electrons. The number of nitrogens with zero attached hydrogens (tertiary/aromatic N) is 1. The number of rotatable bonds is 5. The van der Waals surface area contributed by atoms with E-state index in [2.05, 4.69) is 40.6 Å². The van der Waals surface area contributed by atoms with Crippen LogP contribution in [0.4, 0.5) is 0 Å². The standard InChI is InChI=1S/C22H23NO2S/c24-21(13-17-5-2-1-3-6-17)18-8-9-22-19(14-18)15-23(10-11-25-22)16-20-7-4-12-26-20/h1-9,12,14,21,24H,10-11,13,15-16H2/t21-/m0/s1. The van der Waals surface area contributed by atoms with Crippen molar-refractivity contribution >= 4 is 11.3 Å². The van der Waals surface area contributed by atoms with Crippen molar-refractivity contribution in [2.75, 3.05) is 13.2 Å². The van der Waals surface area contributed by atoms with Crippen LogP contribution < -0.4 is 4.74 Å². The summed E-state index contributed by atoms with van der Waals surface area (Å²) >= 11 is 1.79. The van der Waals surface area contributed by atoms with E-state index in [1.165, 1.54) is 4.88 Å². The highest BCUT2D eigenvalue weighted by Gasteiger charge is 2.18. The Hall–Kier alpha value is -2.14. The van der Waals surface area contributed by atoms with Crippen LogP contribution in [0.2, 0.25) is 0 Å². The quantitative estimate of drug-likeness (QED) is 0.726. The van der Waals surface area contributed by atoms with Crippen molar-refractivity contribution in [3.8, 4) is 5.75 Å². The number of hydrogen-bond acceptors (Lipinski definition) is 4. The summed E-state index contributed by atoms with van der Waals surface area (Å²) in [5, 5.41) is 12.8. The molecule has 0 unspecified atom stereocenters. The maximum atomic E-state index is 10.7. The maximum absolute atomic E-state index is 10.7. The Morgan fingerprint density at radius 2 is 1.96 bits per heavy atom. The normalized spacial score (nSPS) is 15.7. The van der Waals surface area contributed by atoms with Crippen LogP contribution in [0, 0.1) is 0 Å². The molecule has 2 aromatic carbocycles. The smallest absolute Gasteiger partial charge is 0.123 e. The summed E-state index contributed by atoms with van der Waals surface area (Å²) in [6.07, 6.45) is 0.121. The van der Waals surface area contributed by atoms with Crippen molar-refractivity contribution in [3.63, 3.8) is 0 Å². The molecule has 4 heteroatoms. The van der Waals surface area contributed by atoms with Crippen LogP contribution in [0.3, 0.4) is 0 Å². The van der Waals surface area contributed by atoms with Gasteiger partial charge in [-0.3, -0.25) is 4.90 Å². The van der Waals surface area contributed by atoms with Gasteiger partial charge in [0.1, 0.15) is 12.4 Å². The largest absolute Gasteiger partial charge is 0.492 e. The molecule has 0 aliphatic carbocycles. The van der Waals surface area contributed by atoms with Gasteiger partial charge in [0, 0.05) is 36.5 Å². The number of thiophene rings is 1. The van der Waals surface area contributed by atoms with Crippen molar-refractivity contribution in [3.05, 3.63) is 87.6 Å². The second-order valence-electron chi connectivity index (χ2n) is 6.71. The highest BCUT2D eigenvalue weighted by Crippen LogP contribution is 2.29. The van der Waals surface area contributed by atoms with E-state index >= 15 is 0 Å². The summed E-state index contributed by atoms with van der Waals surface area (Å²) in [6, 6.07) is 20.5. The highest BCUT2D eigenvalue weighted by molar-refractivity contribution is 7.09. The fourth-order valence-corrected chi connectivity index (χ4v) is 4.13. The van der Waals surface area contributed by atoms with Gasteiger partial charge in [-0.2, -0.15) is 0 Å². The number of ether oxygens (including phenoxy) is 1. The van der Waals surface area contributed by atoms with Gasteiger partial charge in [0.25, 0.3) is 0 Å². The van der Waals surface area contributed by atoms with Crippen molar-refractivity contribution in [1.29, 1.82) is 0 Å². The Morgan fingerprint density at radius 3 is 2.77 bits per heavy atom. The van der Waals surface area contributed by atoms with Crippen LogP contribution in [0.15, 0.2) is 66.0 Å². The fourth-order valence-electron chi connectivity index (χ4n) is 3.39. The number of benzene rings is 2. The minimum atomic E-state index is -0.503. The summed E-state index contributed by atoms with van der Waals surface area (Å²) < 4.78 is 5.93. The Bertz CT molecular complexity index is 833. The average molecular weight is 365 g/mol. The van der Waals surface area contributed by atoms with E-state index in [1.807, 2.05) is 30.3 Å². The first-order valence-corrected chi connectivity index (χ1v) is 9.88. The van der Waals surface area contributed by atoms with Crippen LogP contribution in [-0.2, 0) is 19.5 Å². The summed E-state index contributed by atoms with van der Waals surface area (Å²) in [5.41, 5.74) is 3.25. The van der Waals surface area contributed by atoms with Gasteiger partial charge in [-0.05, 0) is 34.7 Å². The third-order valence-electron chi connectivity index (χ3n) is 4.76. The lowest BCUT2D eigenvalue weighted by atomic mass is 9.99. The van der Waals surface area contributed by atoms with E-state index in [0.717, 1.165) is 42.1 Å². The fraction of sp³-hybridized carbons (Fsp3) is 0.273. The molecule has 3 aromatic rings. The second kappa shape index (κ2) is 8.04. The van der Waals surface area contributed by atoms with Crippen molar-refractivity contribution in [2.24, 2.45) is 0 Å². The molecular formula is C22H23NO2S. The molecule has 0 amide bonds. The van der Waals surface area contributed by atoms with E-state index in [9.17, 15) is 5.11 Å². The molecule has 0 saturated carbocycles. The predicted molar refractivity (Wildman–Crippen MR) is 105 cm³/mol. The number of aliphatic hydroxyl groups is 1. The lowest BCUT2D eigenvalue weighted by Crippen LogP contribution is -2.24. The zero-order valence-corrected chi connectivity index (χ0v) is 15.5. The molecule has 0 spiro atoms. The SMILES string of the molecule is O[C@@H](Cc1ccccc1)c1ccc2c(c1)CN(Cc1cccs1)CCO2. The van der Waals surface area contributed by atoms with E-state index in [1.54, 1.807) is 11.3 Å². The Balaban J connectivity index is 1.50. The highest BCUT2D eigenvalue weighted by atomic mass is 32.1. The molecule has 1 aromatic heterocycles. The molecule has 1 aliphatic rings. The van der Waals surface area contributed by atoms with Gasteiger partial charge in [0.15, 0.2) is 0 Å². The van der Waals surface area contributed by atoms with Crippen LogP contribution in [-0.4, -0.2) is 23.2 Å². The molecule has 26 heavy (non-hydrogen) atoms. The lowest BCUT2D eigenvalue weighted by molar-refractivity contribution is 0.178. The van der Waals surface area contributed by atoms with Gasteiger partial charge in [-0.25, -0.2) is 0 Å². The first-order valence-electron chi connectivity index (χ1n) is 9.00. The minimum absolute atomic E-state index is 0.503.